The predicted molar refractivity (Wildman–Crippen MR) is 294 cm³/mol. The van der Waals surface area contributed by atoms with E-state index in [-0.39, 0.29) is 88.6 Å². The zero-order chi connectivity index (χ0) is 57.2. The molecule has 0 amide bonds. The van der Waals surface area contributed by atoms with Crippen molar-refractivity contribution in [2.24, 2.45) is 10.2 Å². The quantitative estimate of drug-likeness (QED) is 0.0114. The summed E-state index contributed by atoms with van der Waals surface area (Å²) in [4.78, 5) is 30.4. The van der Waals surface area contributed by atoms with Crippen molar-refractivity contribution >= 4 is 137 Å². The molecule has 0 saturated carbocycles. The summed E-state index contributed by atoms with van der Waals surface area (Å²) < 4.78 is 112. The lowest BCUT2D eigenvalue weighted by molar-refractivity contribution is -0.432. The number of aryl methyl sites for hydroxylation is 5. The third-order valence-corrected chi connectivity index (χ3v) is 18.0. The highest BCUT2D eigenvalue weighted by Gasteiger charge is 2.31. The van der Waals surface area contributed by atoms with Crippen LogP contribution in [0.5, 0.6) is 0 Å². The zero-order valence-corrected chi connectivity index (χ0v) is 46.7. The number of azo groups is 1. The van der Waals surface area contributed by atoms with Crippen molar-refractivity contribution in [1.29, 1.82) is 0 Å². The molecule has 0 aliphatic heterocycles. The van der Waals surface area contributed by atoms with E-state index in [1.165, 1.54) is 73.3 Å². The van der Waals surface area contributed by atoms with E-state index in [0.29, 0.717) is 49.6 Å². The van der Waals surface area contributed by atoms with Crippen molar-refractivity contribution in [3.05, 3.63) is 139 Å². The molecular weight excluding hydrogens is 1150 g/mol. The van der Waals surface area contributed by atoms with Crippen molar-refractivity contribution in [3.63, 3.8) is 0 Å². The second-order valence-electron chi connectivity index (χ2n) is 17.6. The molecule has 0 atom stereocenters. The Balaban J connectivity index is 1.33. The molecule has 25 nitrogen and oxygen atoms in total. The van der Waals surface area contributed by atoms with Crippen LogP contribution in [-0.4, -0.2) is 73.8 Å². The SMILES string of the molecule is [C-]#[N+]c1c(-c2cccc([N+](=O)[O-])c2)nn(-c2nc3ccc(S(=O)(=O)O)cc3s2)c1N=Nc1c(C)cc(N(c2nc3ccc(S(=O)(=O)O)cc3s2)c2c(C)cc(C)c(S(=O)(=O)O)c2C)nc1Nc1c(C)cc(C)c(SOOO)c1C. The number of hydrogen-bond donors (Lipinski definition) is 5. The van der Waals surface area contributed by atoms with Gasteiger partial charge in [0.1, 0.15) is 22.1 Å². The van der Waals surface area contributed by atoms with Crippen molar-refractivity contribution < 1.29 is 58.5 Å². The molecule has 0 radical (unpaired) electrons. The Bertz CT molecular complexity index is 4480. The van der Waals surface area contributed by atoms with E-state index >= 15 is 0 Å². The molecular formula is C48H39N11O14S6. The molecule has 79 heavy (non-hydrogen) atoms. The van der Waals surface area contributed by atoms with Crippen molar-refractivity contribution in [2.75, 3.05) is 10.2 Å². The second-order valence-corrected chi connectivity index (χ2v) is 24.5. The molecule has 0 aliphatic rings. The van der Waals surface area contributed by atoms with E-state index in [0.717, 1.165) is 39.0 Å². The number of nitrogens with one attached hydrogen (secondary N) is 1. The molecule has 406 valence electrons. The largest absolute Gasteiger partial charge is 0.338 e. The summed E-state index contributed by atoms with van der Waals surface area (Å²) in [6, 6.07) is 17.8. The lowest BCUT2D eigenvalue weighted by Crippen LogP contribution is -2.17. The molecule has 31 heteroatoms. The smallest absolute Gasteiger partial charge is 0.295 e. The predicted octanol–water partition coefficient (Wildman–Crippen LogP) is 12.6. The van der Waals surface area contributed by atoms with Gasteiger partial charge < -0.3 is 5.32 Å². The van der Waals surface area contributed by atoms with E-state index in [1.807, 2.05) is 6.07 Å². The maximum absolute atomic E-state index is 13.1. The number of rotatable bonds is 16. The molecule has 4 aromatic heterocycles. The van der Waals surface area contributed by atoms with Gasteiger partial charge in [-0.1, -0.05) is 52.0 Å². The Hall–Kier alpha value is -7.71. The highest BCUT2D eigenvalue weighted by molar-refractivity contribution is 7.94. The van der Waals surface area contributed by atoms with Gasteiger partial charge in [-0.2, -0.15) is 35.0 Å². The summed E-state index contributed by atoms with van der Waals surface area (Å²) in [5, 5.41) is 42.5. The third-order valence-electron chi connectivity index (χ3n) is 12.2. The van der Waals surface area contributed by atoms with E-state index in [2.05, 4.69) is 30.4 Å². The summed E-state index contributed by atoms with van der Waals surface area (Å²) in [7, 11) is -14.2. The van der Waals surface area contributed by atoms with Crippen LogP contribution in [0.3, 0.4) is 0 Å². The number of non-ortho nitro benzene ring substituents is 1. The maximum Gasteiger partial charge on any atom is 0.295 e. The van der Waals surface area contributed by atoms with Crippen molar-refractivity contribution in [3.8, 4) is 16.4 Å². The van der Waals surface area contributed by atoms with E-state index in [4.69, 9.17) is 31.2 Å². The molecule has 0 fully saturated rings. The monoisotopic (exact) mass is 1190 g/mol. The average Bonchev–Trinajstić information content (AvgIpc) is 4.09. The summed E-state index contributed by atoms with van der Waals surface area (Å²) in [5.74, 6) is -0.225. The minimum absolute atomic E-state index is 0.0213. The average molecular weight is 1190 g/mol. The number of nitrogens with zero attached hydrogens (tertiary/aromatic N) is 10. The minimum atomic E-state index is -4.87. The molecule has 9 rings (SSSR count). The van der Waals surface area contributed by atoms with Gasteiger partial charge in [0.05, 0.1) is 59.4 Å². The Morgan fingerprint density at radius 2 is 1.41 bits per heavy atom. The number of hydrogen-bond acceptors (Lipinski definition) is 22. The molecule has 4 heterocycles. The second kappa shape index (κ2) is 21.2. The van der Waals surface area contributed by atoms with Crippen LogP contribution in [-0.2, 0) is 39.7 Å². The van der Waals surface area contributed by atoms with Gasteiger partial charge >= 0.3 is 0 Å². The first-order chi connectivity index (χ1) is 37.2. The lowest BCUT2D eigenvalue weighted by Gasteiger charge is -2.28. The van der Waals surface area contributed by atoms with Crippen LogP contribution >= 0.6 is 34.7 Å². The van der Waals surface area contributed by atoms with E-state index < -0.39 is 50.0 Å². The first kappa shape index (κ1) is 56.0. The van der Waals surface area contributed by atoms with Crippen molar-refractivity contribution in [1.82, 2.24) is 24.7 Å². The van der Waals surface area contributed by atoms with Crippen LogP contribution < -0.4 is 10.2 Å². The van der Waals surface area contributed by atoms with Gasteiger partial charge in [0.2, 0.25) is 5.13 Å². The number of benzene rings is 5. The van der Waals surface area contributed by atoms with Crippen LogP contribution in [0.15, 0.2) is 109 Å². The number of nitro benzene ring substituents is 1. The number of anilines is 5. The lowest BCUT2D eigenvalue weighted by atomic mass is 10.0. The van der Waals surface area contributed by atoms with Crippen LogP contribution in [0.25, 0.3) is 41.7 Å². The summed E-state index contributed by atoms with van der Waals surface area (Å²) in [5.41, 5.74) is 3.79. The van der Waals surface area contributed by atoms with Gasteiger partial charge in [-0.25, -0.2) is 25.1 Å². The number of thiazole rings is 2. The van der Waals surface area contributed by atoms with Gasteiger partial charge in [-0.05, 0) is 135 Å². The normalized spacial score (nSPS) is 12.2. The molecule has 0 saturated heterocycles. The van der Waals surface area contributed by atoms with E-state index in [1.54, 1.807) is 46.8 Å². The van der Waals surface area contributed by atoms with Gasteiger partial charge in [0.25, 0.3) is 41.7 Å². The highest BCUT2D eigenvalue weighted by Crippen LogP contribution is 2.48. The Morgan fingerprint density at radius 1 is 0.759 bits per heavy atom. The van der Waals surface area contributed by atoms with Gasteiger partial charge in [-0.15, -0.1) is 14.6 Å². The van der Waals surface area contributed by atoms with Crippen molar-refractivity contribution in [2.45, 2.75) is 68.0 Å². The third kappa shape index (κ3) is 10.9. The van der Waals surface area contributed by atoms with Gasteiger partial charge in [0, 0.05) is 22.7 Å². The number of nitro groups is 1. The van der Waals surface area contributed by atoms with Crippen LogP contribution in [0.1, 0.15) is 38.9 Å². The number of pyridine rings is 1. The van der Waals surface area contributed by atoms with Crippen LogP contribution in [0.2, 0.25) is 0 Å². The van der Waals surface area contributed by atoms with E-state index in [9.17, 15) is 49.0 Å². The standard InChI is InChI=1S/C48H39N11O14S6/c1-22-16-25(4)43(76-73-72-62)27(6)38(22)53-45-39(54-55-46-41(49-8)40(29-10-9-11-30(19-29)59(60)61)56-58(46)48-51-34-15-13-32(78(66,67)68)21-36(34)75-48)23(2)18-37(52-45)57(42-24(3)17-26(5)44(28(42)7)79(69,70)71)47-50-33-14-12-31(77(63,64)65)20-35(33)74-47/h9-21,62H,1-7H3,(H,52,53)(H,63,64,65)(H,66,67,68)(H,69,70,71). The first-order valence-corrected chi connectivity index (χ1v) is 29.2. The fraction of sp³-hybridized carbons (Fsp3) is 0.146. The highest BCUT2D eigenvalue weighted by atomic mass is 32.2. The Labute approximate surface area is 461 Å². The Kier molecular flexibility index (Phi) is 15.0. The van der Waals surface area contributed by atoms with Crippen LogP contribution in [0, 0.1) is 65.2 Å². The molecule has 0 unspecified atom stereocenters. The summed E-state index contributed by atoms with van der Waals surface area (Å²) >= 11 is 2.59. The summed E-state index contributed by atoms with van der Waals surface area (Å²) in [6.07, 6.45) is 0. The topological polar surface area (TPSA) is 346 Å². The molecule has 0 spiro atoms. The summed E-state index contributed by atoms with van der Waals surface area (Å²) in [6.45, 7) is 20.1. The Morgan fingerprint density at radius 3 is 2.03 bits per heavy atom. The maximum atomic E-state index is 13.1. The fourth-order valence-corrected chi connectivity index (χ4v) is 13.5. The van der Waals surface area contributed by atoms with Crippen LogP contribution in [0.4, 0.5) is 51.0 Å². The van der Waals surface area contributed by atoms with Gasteiger partial charge in [0.15, 0.2) is 16.8 Å². The minimum Gasteiger partial charge on any atom is -0.338 e. The first-order valence-electron chi connectivity index (χ1n) is 22.5. The van der Waals surface area contributed by atoms with Gasteiger partial charge in [-0.3, -0.25) is 28.7 Å². The number of fused-ring (bicyclic) bond motifs is 2. The zero-order valence-electron chi connectivity index (χ0n) is 41.8. The number of aromatic nitrogens is 5. The molecule has 5 N–H and O–H groups in total. The molecule has 5 aromatic carbocycles. The fourth-order valence-electron chi connectivity index (χ4n) is 8.92. The molecule has 0 aliphatic carbocycles. The molecule has 9 aromatic rings. The molecule has 0 bridgehead atoms.